The van der Waals surface area contributed by atoms with Gasteiger partial charge in [0.2, 0.25) is 5.91 Å². The summed E-state index contributed by atoms with van der Waals surface area (Å²) in [5.74, 6) is 0.866. The van der Waals surface area contributed by atoms with E-state index in [0.29, 0.717) is 19.8 Å². The van der Waals surface area contributed by atoms with Crippen LogP contribution in [0.1, 0.15) is 32.3 Å². The number of methoxy groups -OCH3 is 1. The second kappa shape index (κ2) is 12.2. The highest BCUT2D eigenvalue weighted by molar-refractivity contribution is 5.85. The van der Waals surface area contributed by atoms with Crippen LogP contribution in [0.3, 0.4) is 0 Å². The van der Waals surface area contributed by atoms with Crippen LogP contribution in [0.2, 0.25) is 0 Å². The van der Waals surface area contributed by atoms with Gasteiger partial charge in [0.1, 0.15) is 5.75 Å². The van der Waals surface area contributed by atoms with Gasteiger partial charge in [-0.25, -0.2) is 0 Å². The number of amides is 1. The maximum absolute atomic E-state index is 12.0. The van der Waals surface area contributed by atoms with Crippen molar-refractivity contribution in [3.05, 3.63) is 29.8 Å². The lowest BCUT2D eigenvalue weighted by molar-refractivity contribution is -0.123. The Bertz CT molecular complexity index is 457. The highest BCUT2D eigenvalue weighted by Gasteiger charge is 2.18. The first-order valence-electron chi connectivity index (χ1n) is 7.82. The van der Waals surface area contributed by atoms with Gasteiger partial charge in [0.15, 0.2) is 0 Å². The first-order valence-corrected chi connectivity index (χ1v) is 7.82. The largest absolute Gasteiger partial charge is 0.493 e. The maximum atomic E-state index is 12.0. The standard InChI is InChI=1S/C17H28N2O3.ClH/c1-4-13(2)16(18)17(20)19-12-14-7-5-8-15(11-14)22-10-6-9-21-3;/h5,7-8,11,13,16H,4,6,9-10,12,18H2,1-3H3,(H,19,20);1H. The molecule has 0 radical (unpaired) electrons. The summed E-state index contributed by atoms with van der Waals surface area (Å²) in [4.78, 5) is 12.0. The van der Waals surface area contributed by atoms with Crippen LogP contribution in [-0.4, -0.2) is 32.3 Å². The van der Waals surface area contributed by atoms with E-state index >= 15 is 0 Å². The van der Waals surface area contributed by atoms with Gasteiger partial charge < -0.3 is 20.5 Å². The predicted octanol–water partition coefficient (Wildman–Crippen LogP) is 2.51. The van der Waals surface area contributed by atoms with Crippen LogP contribution in [0.25, 0.3) is 0 Å². The molecule has 0 heterocycles. The van der Waals surface area contributed by atoms with Gasteiger partial charge in [-0.3, -0.25) is 4.79 Å². The van der Waals surface area contributed by atoms with Crippen LogP contribution in [0.5, 0.6) is 5.75 Å². The zero-order valence-electron chi connectivity index (χ0n) is 14.2. The van der Waals surface area contributed by atoms with E-state index in [4.69, 9.17) is 15.2 Å². The normalized spacial score (nSPS) is 12.9. The average molecular weight is 345 g/mol. The number of rotatable bonds is 10. The van der Waals surface area contributed by atoms with Gasteiger partial charge in [0.05, 0.1) is 12.6 Å². The van der Waals surface area contributed by atoms with Crippen molar-refractivity contribution in [2.24, 2.45) is 11.7 Å². The molecule has 0 aliphatic heterocycles. The number of hydrogen-bond acceptors (Lipinski definition) is 4. The highest BCUT2D eigenvalue weighted by Crippen LogP contribution is 2.14. The van der Waals surface area contributed by atoms with Crippen molar-refractivity contribution in [2.45, 2.75) is 39.3 Å². The van der Waals surface area contributed by atoms with Crippen molar-refractivity contribution in [3.63, 3.8) is 0 Å². The third kappa shape index (κ3) is 8.21. The minimum absolute atomic E-state index is 0. The lowest BCUT2D eigenvalue weighted by Crippen LogP contribution is -2.44. The van der Waals surface area contributed by atoms with Crippen molar-refractivity contribution in [1.29, 1.82) is 0 Å². The van der Waals surface area contributed by atoms with Crippen molar-refractivity contribution >= 4 is 18.3 Å². The SMILES string of the molecule is CCC(C)C(N)C(=O)NCc1cccc(OCCCOC)c1.Cl. The van der Waals surface area contributed by atoms with Gasteiger partial charge >= 0.3 is 0 Å². The number of benzene rings is 1. The fourth-order valence-electron chi connectivity index (χ4n) is 1.96. The predicted molar refractivity (Wildman–Crippen MR) is 95.0 cm³/mol. The quantitative estimate of drug-likeness (QED) is 0.640. The Balaban J connectivity index is 0.00000484. The van der Waals surface area contributed by atoms with Crippen molar-refractivity contribution in [1.82, 2.24) is 5.32 Å². The fraction of sp³-hybridized carbons (Fsp3) is 0.588. The molecule has 1 aromatic rings. The lowest BCUT2D eigenvalue weighted by Gasteiger charge is -2.17. The number of nitrogens with one attached hydrogen (secondary N) is 1. The van der Waals surface area contributed by atoms with Crippen LogP contribution in [-0.2, 0) is 16.1 Å². The number of carbonyl (C=O) groups is 1. The molecule has 2 atom stereocenters. The summed E-state index contributed by atoms with van der Waals surface area (Å²) in [6, 6.07) is 7.25. The Kier molecular flexibility index (Phi) is 11.5. The fourth-order valence-corrected chi connectivity index (χ4v) is 1.96. The third-order valence-electron chi connectivity index (χ3n) is 3.69. The molecule has 0 spiro atoms. The summed E-state index contributed by atoms with van der Waals surface area (Å²) in [7, 11) is 1.67. The molecule has 132 valence electrons. The van der Waals surface area contributed by atoms with Crippen LogP contribution >= 0.6 is 12.4 Å². The van der Waals surface area contributed by atoms with Crippen molar-refractivity contribution in [2.75, 3.05) is 20.3 Å². The average Bonchev–Trinajstić information content (AvgIpc) is 2.55. The van der Waals surface area contributed by atoms with E-state index in [1.165, 1.54) is 0 Å². The molecular weight excluding hydrogens is 316 g/mol. The molecule has 1 aromatic carbocycles. The maximum Gasteiger partial charge on any atom is 0.237 e. The smallest absolute Gasteiger partial charge is 0.237 e. The van der Waals surface area contributed by atoms with Crippen LogP contribution in [0.4, 0.5) is 0 Å². The Morgan fingerprint density at radius 1 is 1.35 bits per heavy atom. The van der Waals surface area contributed by atoms with Crippen LogP contribution in [0, 0.1) is 5.92 Å². The monoisotopic (exact) mass is 344 g/mol. The Labute approximate surface area is 145 Å². The van der Waals surface area contributed by atoms with Gasteiger partial charge in [-0.05, 0) is 23.6 Å². The van der Waals surface area contributed by atoms with E-state index in [1.54, 1.807) is 7.11 Å². The third-order valence-corrected chi connectivity index (χ3v) is 3.69. The van der Waals surface area contributed by atoms with Crippen LogP contribution in [0.15, 0.2) is 24.3 Å². The highest BCUT2D eigenvalue weighted by atomic mass is 35.5. The zero-order chi connectivity index (χ0) is 16.4. The molecule has 0 saturated heterocycles. The molecule has 0 saturated carbocycles. The van der Waals surface area contributed by atoms with E-state index in [1.807, 2.05) is 38.1 Å². The van der Waals surface area contributed by atoms with Gasteiger partial charge in [0, 0.05) is 26.7 Å². The molecule has 0 fully saturated rings. The van der Waals surface area contributed by atoms with Gasteiger partial charge in [-0.15, -0.1) is 12.4 Å². The van der Waals surface area contributed by atoms with E-state index in [2.05, 4.69) is 5.32 Å². The number of carbonyl (C=O) groups excluding carboxylic acids is 1. The Morgan fingerprint density at radius 3 is 2.74 bits per heavy atom. The molecule has 23 heavy (non-hydrogen) atoms. The Morgan fingerprint density at radius 2 is 2.09 bits per heavy atom. The van der Waals surface area contributed by atoms with Crippen molar-refractivity contribution in [3.8, 4) is 5.75 Å². The van der Waals surface area contributed by atoms with Crippen LogP contribution < -0.4 is 15.8 Å². The van der Waals surface area contributed by atoms with Gasteiger partial charge in [-0.2, -0.15) is 0 Å². The summed E-state index contributed by atoms with van der Waals surface area (Å²) in [6.45, 7) is 5.77. The van der Waals surface area contributed by atoms with E-state index in [9.17, 15) is 4.79 Å². The molecule has 1 rings (SSSR count). The molecule has 1 amide bonds. The first-order chi connectivity index (χ1) is 10.6. The summed E-state index contributed by atoms with van der Waals surface area (Å²) in [5, 5.41) is 2.88. The molecule has 6 heteroatoms. The second-order valence-corrected chi connectivity index (χ2v) is 5.47. The van der Waals surface area contributed by atoms with Gasteiger partial charge in [-0.1, -0.05) is 32.4 Å². The summed E-state index contributed by atoms with van der Waals surface area (Å²) in [6.07, 6.45) is 1.74. The Hall–Kier alpha value is -1.30. The van der Waals surface area contributed by atoms with E-state index in [-0.39, 0.29) is 24.2 Å². The summed E-state index contributed by atoms with van der Waals surface area (Å²) >= 11 is 0. The first kappa shape index (κ1) is 21.7. The number of nitrogens with two attached hydrogens (primary N) is 1. The summed E-state index contributed by atoms with van der Waals surface area (Å²) in [5.41, 5.74) is 6.91. The molecule has 2 unspecified atom stereocenters. The lowest BCUT2D eigenvalue weighted by atomic mass is 9.99. The number of hydrogen-bond donors (Lipinski definition) is 2. The molecule has 0 aliphatic rings. The molecule has 0 aromatic heterocycles. The van der Waals surface area contributed by atoms with Gasteiger partial charge in [0.25, 0.3) is 0 Å². The number of halogens is 1. The number of ether oxygens (including phenoxy) is 2. The molecule has 0 bridgehead atoms. The van der Waals surface area contributed by atoms with E-state index in [0.717, 1.165) is 24.2 Å². The minimum Gasteiger partial charge on any atom is -0.493 e. The topological polar surface area (TPSA) is 73.6 Å². The molecule has 5 nitrogen and oxygen atoms in total. The molecular formula is C17H29ClN2O3. The summed E-state index contributed by atoms with van der Waals surface area (Å²) < 4.78 is 10.6. The molecule has 3 N–H and O–H groups in total. The zero-order valence-corrected chi connectivity index (χ0v) is 15.0. The molecule has 0 aliphatic carbocycles. The minimum atomic E-state index is -0.460. The second-order valence-electron chi connectivity index (χ2n) is 5.47. The van der Waals surface area contributed by atoms with Crippen molar-refractivity contribution < 1.29 is 14.3 Å². The van der Waals surface area contributed by atoms with E-state index < -0.39 is 6.04 Å².